The number of rotatable bonds is 11. The van der Waals surface area contributed by atoms with Gasteiger partial charge in [0, 0.05) is 11.7 Å². The van der Waals surface area contributed by atoms with Crippen LogP contribution in [0, 0.1) is 17.8 Å². The van der Waals surface area contributed by atoms with Crippen LogP contribution < -0.4 is 15.4 Å². The molecular weight excluding hydrogens is 486 g/mol. The predicted molar refractivity (Wildman–Crippen MR) is 144 cm³/mol. The first-order valence-electron chi connectivity index (χ1n) is 14.1. The zero-order chi connectivity index (χ0) is 27.8. The molecule has 3 fully saturated rings. The van der Waals surface area contributed by atoms with Crippen molar-refractivity contribution < 1.29 is 29.0 Å². The van der Waals surface area contributed by atoms with Gasteiger partial charge < -0.3 is 30.1 Å². The summed E-state index contributed by atoms with van der Waals surface area (Å²) in [6.07, 6.45) is 2.37. The Labute approximate surface area is 225 Å². The summed E-state index contributed by atoms with van der Waals surface area (Å²) in [5.74, 6) is -1.76. The normalized spacial score (nSPS) is 31.3. The number of aliphatic hydroxyl groups excluding tert-OH is 1. The van der Waals surface area contributed by atoms with Crippen LogP contribution in [0.25, 0.3) is 0 Å². The molecule has 0 radical (unpaired) electrons. The molecule has 4 rings (SSSR count). The van der Waals surface area contributed by atoms with Crippen LogP contribution in [0.15, 0.2) is 24.3 Å². The smallest absolute Gasteiger partial charge is 0.246 e. The molecule has 0 aromatic heterocycles. The molecule has 3 aliphatic heterocycles. The van der Waals surface area contributed by atoms with E-state index in [0.29, 0.717) is 37.3 Å². The van der Waals surface area contributed by atoms with E-state index in [2.05, 4.69) is 10.6 Å². The van der Waals surface area contributed by atoms with E-state index in [9.17, 15) is 19.5 Å². The molecule has 3 aliphatic rings. The molecule has 2 unspecified atom stereocenters. The second-order valence-corrected chi connectivity index (χ2v) is 11.3. The van der Waals surface area contributed by atoms with E-state index in [1.165, 1.54) is 0 Å². The van der Waals surface area contributed by atoms with E-state index in [-0.39, 0.29) is 36.3 Å². The minimum absolute atomic E-state index is 0.0398. The third kappa shape index (κ3) is 4.47. The number of carbonyl (C=O) groups excluding carboxylic acids is 3. The summed E-state index contributed by atoms with van der Waals surface area (Å²) in [7, 11) is 0. The molecule has 1 spiro atoms. The molecule has 1 aromatic rings. The number of fused-ring (bicyclic) bond motifs is 1. The second kappa shape index (κ2) is 10.8. The molecule has 9 nitrogen and oxygen atoms in total. The maximum atomic E-state index is 14.3. The predicted octanol–water partition coefficient (Wildman–Crippen LogP) is 3.11. The van der Waals surface area contributed by atoms with Crippen molar-refractivity contribution in [2.45, 2.75) is 96.6 Å². The molecule has 0 saturated carbocycles. The molecule has 0 aliphatic carbocycles. The zero-order valence-corrected chi connectivity index (χ0v) is 23.5. The van der Waals surface area contributed by atoms with E-state index < -0.39 is 35.1 Å². The van der Waals surface area contributed by atoms with Gasteiger partial charge >= 0.3 is 0 Å². The number of carbonyl (C=O) groups is 3. The number of ether oxygens (including phenoxy) is 2. The maximum Gasteiger partial charge on any atom is 0.246 e. The van der Waals surface area contributed by atoms with Crippen molar-refractivity contribution in [2.24, 2.45) is 17.8 Å². The van der Waals surface area contributed by atoms with Gasteiger partial charge in [-0.2, -0.15) is 0 Å². The first-order valence-corrected chi connectivity index (χ1v) is 14.1. The summed E-state index contributed by atoms with van der Waals surface area (Å²) < 4.78 is 12.3. The van der Waals surface area contributed by atoms with Gasteiger partial charge in [0.1, 0.15) is 17.4 Å². The van der Waals surface area contributed by atoms with Gasteiger partial charge in [0.15, 0.2) is 0 Å². The lowest BCUT2D eigenvalue weighted by Gasteiger charge is -2.39. The summed E-state index contributed by atoms with van der Waals surface area (Å²) in [6, 6.07) is 5.54. The van der Waals surface area contributed by atoms with Crippen LogP contribution in [-0.2, 0) is 19.1 Å². The number of benzene rings is 1. The highest BCUT2D eigenvalue weighted by Crippen LogP contribution is 2.64. The topological polar surface area (TPSA) is 117 Å². The summed E-state index contributed by atoms with van der Waals surface area (Å²) in [6.45, 7) is 11.9. The summed E-state index contributed by atoms with van der Waals surface area (Å²) >= 11 is 0. The van der Waals surface area contributed by atoms with E-state index in [1.54, 1.807) is 29.2 Å². The molecule has 3 amide bonds. The van der Waals surface area contributed by atoms with E-state index in [0.717, 1.165) is 6.42 Å². The van der Waals surface area contributed by atoms with Gasteiger partial charge in [-0.1, -0.05) is 27.2 Å². The average molecular weight is 530 g/mol. The van der Waals surface area contributed by atoms with Crippen LogP contribution in [0.4, 0.5) is 5.69 Å². The fourth-order valence-electron chi connectivity index (χ4n) is 6.91. The molecule has 9 heteroatoms. The first-order chi connectivity index (χ1) is 18.1. The lowest BCUT2D eigenvalue weighted by Crippen LogP contribution is -2.59. The number of anilines is 1. The Bertz CT molecular complexity index is 1050. The average Bonchev–Trinajstić information content (AvgIpc) is 3.49. The largest absolute Gasteiger partial charge is 0.494 e. The highest BCUT2D eigenvalue weighted by Gasteiger charge is 2.79. The van der Waals surface area contributed by atoms with E-state index >= 15 is 0 Å². The third-order valence-electron chi connectivity index (χ3n) is 8.86. The molecule has 7 atom stereocenters. The standard InChI is InChI=1S/C29H43N3O6/c1-7-18(6)21(16-33)32-24(26(35)30-17(4)5)29-15-14-28(8-2,38-29)22(23(29)27(32)36)25(34)31-19-10-12-20(13-11-19)37-9-3/h10-13,17-18,21-24,33H,7-9,14-16H2,1-6H3,(H,30,35)(H,31,34)/t18-,21-,22-,23-,24?,28+,29?/m0/s1. The van der Waals surface area contributed by atoms with E-state index in [4.69, 9.17) is 9.47 Å². The van der Waals surface area contributed by atoms with Crippen LogP contribution in [0.1, 0.15) is 67.2 Å². The van der Waals surface area contributed by atoms with Crippen LogP contribution in [0.3, 0.4) is 0 Å². The first kappa shape index (κ1) is 28.4. The Morgan fingerprint density at radius 3 is 2.37 bits per heavy atom. The number of likely N-dealkylation sites (tertiary alicyclic amines) is 1. The van der Waals surface area contributed by atoms with Gasteiger partial charge in [0.2, 0.25) is 17.7 Å². The number of nitrogens with one attached hydrogen (secondary N) is 2. The number of amides is 3. The number of hydrogen-bond acceptors (Lipinski definition) is 6. The van der Waals surface area contributed by atoms with Gasteiger partial charge in [-0.3, -0.25) is 14.4 Å². The van der Waals surface area contributed by atoms with Crippen LogP contribution in [0.2, 0.25) is 0 Å². The van der Waals surface area contributed by atoms with Crippen LogP contribution in [-0.4, -0.2) is 70.3 Å². The Kier molecular flexibility index (Phi) is 8.09. The molecule has 38 heavy (non-hydrogen) atoms. The molecule has 210 valence electrons. The summed E-state index contributed by atoms with van der Waals surface area (Å²) in [5.41, 5.74) is -1.34. The highest BCUT2D eigenvalue weighted by molar-refractivity contribution is 6.02. The fraction of sp³-hybridized carbons (Fsp3) is 0.690. The van der Waals surface area contributed by atoms with Crippen molar-refractivity contribution in [3.05, 3.63) is 24.3 Å². The van der Waals surface area contributed by atoms with Crippen molar-refractivity contribution in [1.82, 2.24) is 10.2 Å². The minimum atomic E-state index is -1.12. The number of hydrogen-bond donors (Lipinski definition) is 3. The molecule has 3 N–H and O–H groups in total. The Balaban J connectivity index is 1.74. The van der Waals surface area contributed by atoms with Crippen molar-refractivity contribution in [3.8, 4) is 5.75 Å². The summed E-state index contributed by atoms with van der Waals surface area (Å²) in [4.78, 5) is 43.5. The molecular formula is C29H43N3O6. The Morgan fingerprint density at radius 2 is 1.82 bits per heavy atom. The monoisotopic (exact) mass is 529 g/mol. The molecule has 1 aromatic carbocycles. The molecule has 2 bridgehead atoms. The fourth-order valence-corrected chi connectivity index (χ4v) is 6.91. The Hall–Kier alpha value is -2.65. The zero-order valence-electron chi connectivity index (χ0n) is 23.5. The SMILES string of the molecule is CCOc1ccc(NC(=O)[C@@H]2[C@H]3C(=O)N([C@@H](CO)[C@@H](C)CC)C(C(=O)NC(C)C)C34CC[C@@]2(CC)O4)cc1. The van der Waals surface area contributed by atoms with Crippen molar-refractivity contribution >= 4 is 23.4 Å². The minimum Gasteiger partial charge on any atom is -0.494 e. The van der Waals surface area contributed by atoms with Crippen molar-refractivity contribution in [3.63, 3.8) is 0 Å². The lowest BCUT2D eigenvalue weighted by molar-refractivity contribution is -0.151. The van der Waals surface area contributed by atoms with Crippen LogP contribution >= 0.6 is 0 Å². The maximum absolute atomic E-state index is 14.3. The van der Waals surface area contributed by atoms with Gasteiger partial charge in [0.05, 0.1) is 36.7 Å². The molecule has 3 heterocycles. The Morgan fingerprint density at radius 1 is 1.13 bits per heavy atom. The van der Waals surface area contributed by atoms with Gasteiger partial charge in [-0.15, -0.1) is 0 Å². The van der Waals surface area contributed by atoms with Gasteiger partial charge in [-0.05, 0) is 70.2 Å². The summed E-state index contributed by atoms with van der Waals surface area (Å²) in [5, 5.41) is 16.4. The number of nitrogens with zero attached hydrogens (tertiary/aromatic N) is 1. The van der Waals surface area contributed by atoms with Gasteiger partial charge in [0.25, 0.3) is 0 Å². The van der Waals surface area contributed by atoms with E-state index in [1.807, 2.05) is 41.5 Å². The van der Waals surface area contributed by atoms with Gasteiger partial charge in [-0.25, -0.2) is 0 Å². The quantitative estimate of drug-likeness (QED) is 0.406. The lowest BCUT2D eigenvalue weighted by atomic mass is 9.65. The molecule has 3 saturated heterocycles. The van der Waals surface area contributed by atoms with Crippen molar-refractivity contribution in [2.75, 3.05) is 18.5 Å². The highest BCUT2D eigenvalue weighted by atomic mass is 16.5. The van der Waals surface area contributed by atoms with Crippen LogP contribution in [0.5, 0.6) is 5.75 Å². The van der Waals surface area contributed by atoms with Crippen molar-refractivity contribution in [1.29, 1.82) is 0 Å². The third-order valence-corrected chi connectivity index (χ3v) is 8.86. The second-order valence-electron chi connectivity index (χ2n) is 11.3. The number of aliphatic hydroxyl groups is 1.